The fourth-order valence-electron chi connectivity index (χ4n) is 4.97. The molecule has 1 N–H and O–H groups in total. The Bertz CT molecular complexity index is 1640. The first-order valence-corrected chi connectivity index (χ1v) is 14.5. The summed E-state index contributed by atoms with van der Waals surface area (Å²) in [7, 11) is 0. The van der Waals surface area contributed by atoms with Gasteiger partial charge in [-0.15, -0.1) is 0 Å². The summed E-state index contributed by atoms with van der Waals surface area (Å²) in [4.78, 5) is 31.4. The van der Waals surface area contributed by atoms with Gasteiger partial charge < -0.3 is 24.0 Å². The molecular weight excluding hydrogens is 580 g/mol. The van der Waals surface area contributed by atoms with Crippen molar-refractivity contribution in [2.24, 2.45) is 4.99 Å². The summed E-state index contributed by atoms with van der Waals surface area (Å²) in [5.74, 6) is -0.891. The maximum atomic E-state index is 12.8. The van der Waals surface area contributed by atoms with E-state index in [9.17, 15) is 20.0 Å². The van der Waals surface area contributed by atoms with Crippen LogP contribution in [0, 0.1) is 24.0 Å². The Kier molecular flexibility index (Phi) is 8.72. The number of carbonyl (C=O) groups is 1. The number of halogens is 1. The Labute approximate surface area is 252 Å². The molecule has 2 aliphatic heterocycles. The number of thioether (sulfide) groups is 1. The maximum absolute atomic E-state index is 12.8. The number of aromatic nitrogens is 1. The molecule has 0 atom stereocenters. The van der Waals surface area contributed by atoms with E-state index in [0.717, 1.165) is 28.7 Å². The lowest BCUT2D eigenvalue weighted by atomic mass is 10.1. The molecule has 42 heavy (non-hydrogen) atoms. The summed E-state index contributed by atoms with van der Waals surface area (Å²) in [5, 5.41) is 24.0. The highest BCUT2D eigenvalue weighted by Gasteiger charge is 2.33. The molecule has 0 amide bonds. The molecule has 0 radical (unpaired) electrons. The molecule has 3 heterocycles. The van der Waals surface area contributed by atoms with E-state index >= 15 is 0 Å². The molecule has 1 fully saturated rings. The number of nitro benzene ring substituents is 1. The van der Waals surface area contributed by atoms with Gasteiger partial charge in [-0.25, -0.2) is 9.79 Å². The van der Waals surface area contributed by atoms with Crippen molar-refractivity contribution in [1.82, 2.24) is 4.57 Å². The molecule has 2 aromatic carbocycles. The molecule has 0 bridgehead atoms. The number of hydrogen-bond acceptors (Lipinski definition) is 9. The van der Waals surface area contributed by atoms with E-state index in [1.54, 1.807) is 49.4 Å². The van der Waals surface area contributed by atoms with Gasteiger partial charge in [-0.05, 0) is 74.9 Å². The first kappa shape index (κ1) is 29.4. The Hall–Kier alpha value is -4.06. The standard InChI is InChI=1S/C30H29ClN4O6S/c1-4-41-30(37)27-28(36)26(42-29(27)32-22-7-5-21(31)6-8-22)16-20-15-18(2)34(19(20)3)23-9-10-24(25(17-23)35(38)39)33-11-13-40-14-12-33/h5-10,15-17,36H,4,11-14H2,1-3H3/b26-16-,32-29?. The highest BCUT2D eigenvalue weighted by Crippen LogP contribution is 2.41. The van der Waals surface area contributed by atoms with Crippen LogP contribution in [0.1, 0.15) is 23.9 Å². The average molecular weight is 609 g/mol. The molecular formula is C30H29ClN4O6S. The number of rotatable bonds is 7. The second-order valence-electron chi connectivity index (χ2n) is 9.64. The summed E-state index contributed by atoms with van der Waals surface area (Å²) < 4.78 is 12.5. The number of morpholine rings is 1. The number of aryl methyl sites for hydroxylation is 1. The highest BCUT2D eigenvalue weighted by molar-refractivity contribution is 8.18. The molecule has 3 aromatic rings. The fraction of sp³-hybridized carbons (Fsp3) is 0.267. The number of ether oxygens (including phenoxy) is 2. The van der Waals surface area contributed by atoms with Gasteiger partial charge in [0.25, 0.3) is 5.69 Å². The van der Waals surface area contributed by atoms with Crippen LogP contribution < -0.4 is 4.90 Å². The first-order chi connectivity index (χ1) is 20.2. The average Bonchev–Trinajstić information content (AvgIpc) is 3.43. The van der Waals surface area contributed by atoms with Crippen molar-refractivity contribution < 1.29 is 24.3 Å². The number of hydrogen-bond donors (Lipinski definition) is 1. The van der Waals surface area contributed by atoms with Crippen LogP contribution in [0.4, 0.5) is 17.1 Å². The molecule has 218 valence electrons. The molecule has 1 saturated heterocycles. The number of aliphatic hydroxyl groups is 1. The first-order valence-electron chi connectivity index (χ1n) is 13.3. The monoisotopic (exact) mass is 608 g/mol. The van der Waals surface area contributed by atoms with Crippen LogP contribution >= 0.6 is 23.4 Å². The minimum atomic E-state index is -0.670. The van der Waals surface area contributed by atoms with Gasteiger partial charge >= 0.3 is 5.97 Å². The van der Waals surface area contributed by atoms with Gasteiger partial charge in [-0.3, -0.25) is 10.1 Å². The molecule has 0 aliphatic carbocycles. The van der Waals surface area contributed by atoms with E-state index in [-0.39, 0.29) is 28.5 Å². The molecule has 0 unspecified atom stereocenters. The summed E-state index contributed by atoms with van der Waals surface area (Å²) in [5.41, 5.74) is 4.22. The van der Waals surface area contributed by atoms with Crippen LogP contribution in [-0.2, 0) is 14.3 Å². The van der Waals surface area contributed by atoms with E-state index in [4.69, 9.17) is 21.1 Å². The number of aliphatic hydroxyl groups excluding tert-OH is 1. The SMILES string of the molecule is CCOC(=O)C1=C(O)/C(=C/c2cc(C)n(-c3ccc(N4CCOCC4)c([N+](=O)[O-])c3)c2C)SC1=Nc1ccc(Cl)cc1. The van der Waals surface area contributed by atoms with E-state index in [2.05, 4.69) is 4.99 Å². The van der Waals surface area contributed by atoms with Crippen molar-refractivity contribution in [2.75, 3.05) is 37.8 Å². The summed E-state index contributed by atoms with van der Waals surface area (Å²) in [6.45, 7) is 7.87. The normalized spacial score (nSPS) is 17.4. The number of nitro groups is 1. The summed E-state index contributed by atoms with van der Waals surface area (Å²) in [6.07, 6.45) is 1.78. The summed E-state index contributed by atoms with van der Waals surface area (Å²) in [6, 6.07) is 14.0. The maximum Gasteiger partial charge on any atom is 0.344 e. The third-order valence-corrected chi connectivity index (χ3v) is 8.22. The van der Waals surface area contributed by atoms with Crippen LogP contribution in [-0.4, -0.2) is 58.5 Å². The van der Waals surface area contributed by atoms with Crippen LogP contribution in [0.15, 0.2) is 69.8 Å². The predicted molar refractivity (Wildman–Crippen MR) is 165 cm³/mol. The Morgan fingerprint density at radius 2 is 1.90 bits per heavy atom. The van der Waals surface area contributed by atoms with Gasteiger partial charge in [-0.1, -0.05) is 23.4 Å². The van der Waals surface area contributed by atoms with Crippen molar-refractivity contribution in [2.45, 2.75) is 20.8 Å². The molecule has 5 rings (SSSR count). The Balaban J connectivity index is 1.53. The summed E-state index contributed by atoms with van der Waals surface area (Å²) >= 11 is 7.16. The fourth-order valence-corrected chi connectivity index (χ4v) is 6.12. The Morgan fingerprint density at radius 1 is 1.19 bits per heavy atom. The van der Waals surface area contributed by atoms with E-state index in [0.29, 0.717) is 58.3 Å². The molecule has 2 aliphatic rings. The predicted octanol–water partition coefficient (Wildman–Crippen LogP) is 6.69. The lowest BCUT2D eigenvalue weighted by molar-refractivity contribution is -0.384. The van der Waals surface area contributed by atoms with Crippen LogP contribution in [0.25, 0.3) is 11.8 Å². The van der Waals surface area contributed by atoms with Crippen molar-refractivity contribution in [3.63, 3.8) is 0 Å². The largest absolute Gasteiger partial charge is 0.506 e. The lowest BCUT2D eigenvalue weighted by Crippen LogP contribution is -2.36. The van der Waals surface area contributed by atoms with Crippen LogP contribution in [0.2, 0.25) is 5.02 Å². The second-order valence-corrected chi connectivity index (χ2v) is 11.1. The van der Waals surface area contributed by atoms with Gasteiger partial charge in [0.05, 0.1) is 41.0 Å². The minimum absolute atomic E-state index is 0.00816. The van der Waals surface area contributed by atoms with E-state index < -0.39 is 5.97 Å². The number of benzene rings is 2. The van der Waals surface area contributed by atoms with Crippen molar-refractivity contribution >= 4 is 57.5 Å². The van der Waals surface area contributed by atoms with Gasteiger partial charge in [0.1, 0.15) is 22.1 Å². The van der Waals surface area contributed by atoms with E-state index in [1.807, 2.05) is 35.4 Å². The molecule has 0 saturated carbocycles. The minimum Gasteiger partial charge on any atom is -0.506 e. The Morgan fingerprint density at radius 3 is 2.57 bits per heavy atom. The quantitative estimate of drug-likeness (QED) is 0.179. The molecule has 1 aromatic heterocycles. The number of aliphatic imine (C=N–C) groups is 1. The van der Waals surface area contributed by atoms with E-state index in [1.165, 1.54) is 0 Å². The smallest absolute Gasteiger partial charge is 0.344 e. The van der Waals surface area contributed by atoms with Crippen molar-refractivity contribution in [3.05, 3.63) is 96.9 Å². The molecule has 0 spiro atoms. The van der Waals surface area contributed by atoms with Crippen LogP contribution in [0.3, 0.4) is 0 Å². The molecule has 10 nitrogen and oxygen atoms in total. The number of nitrogens with zero attached hydrogens (tertiary/aromatic N) is 4. The second kappa shape index (κ2) is 12.4. The zero-order valence-corrected chi connectivity index (χ0v) is 24.9. The van der Waals surface area contributed by atoms with Gasteiger partial charge in [0.2, 0.25) is 0 Å². The number of anilines is 1. The topological polar surface area (TPSA) is 119 Å². The van der Waals surface area contributed by atoms with Gasteiger partial charge in [0, 0.05) is 35.6 Å². The highest BCUT2D eigenvalue weighted by atomic mass is 35.5. The van der Waals surface area contributed by atoms with Crippen molar-refractivity contribution in [3.8, 4) is 5.69 Å². The zero-order chi connectivity index (χ0) is 30.0. The third kappa shape index (κ3) is 5.94. The number of esters is 1. The van der Waals surface area contributed by atoms with Gasteiger partial charge in [-0.2, -0.15) is 0 Å². The number of carbonyl (C=O) groups excluding carboxylic acids is 1. The third-order valence-electron chi connectivity index (χ3n) is 6.95. The van der Waals surface area contributed by atoms with Crippen LogP contribution in [0.5, 0.6) is 0 Å². The molecule has 12 heteroatoms. The zero-order valence-electron chi connectivity index (χ0n) is 23.3. The lowest BCUT2D eigenvalue weighted by Gasteiger charge is -2.28. The van der Waals surface area contributed by atoms with Crippen molar-refractivity contribution in [1.29, 1.82) is 0 Å². The van der Waals surface area contributed by atoms with Gasteiger partial charge in [0.15, 0.2) is 0 Å².